The number of carbonyl (C=O) groups is 1. The van der Waals surface area contributed by atoms with Gasteiger partial charge in [0.2, 0.25) is 5.91 Å². The molecular weight excluding hydrogens is 280 g/mol. The molecule has 1 aliphatic heterocycles. The van der Waals surface area contributed by atoms with Crippen LogP contribution in [0.4, 0.5) is 0 Å². The molecule has 19 heavy (non-hydrogen) atoms. The molecule has 1 unspecified atom stereocenters. The Labute approximate surface area is 128 Å². The number of hydrogen-bond acceptors (Lipinski definition) is 3. The fourth-order valence-electron chi connectivity index (χ4n) is 2.36. The van der Waals surface area contributed by atoms with Crippen LogP contribution in [0.15, 0.2) is 0 Å². The highest BCUT2D eigenvalue weighted by Crippen LogP contribution is 2.14. The van der Waals surface area contributed by atoms with Gasteiger partial charge in [-0.2, -0.15) is 11.8 Å². The summed E-state index contributed by atoms with van der Waals surface area (Å²) in [5.41, 5.74) is 0. The number of nitrogens with one attached hydrogen (secondary N) is 1. The Kier molecular flexibility index (Phi) is 10.8. The third-order valence-corrected chi connectivity index (χ3v) is 4.92. The number of hydrogen-bond donors (Lipinski definition) is 1. The van der Waals surface area contributed by atoms with Crippen LogP contribution >= 0.6 is 24.2 Å². The molecule has 0 saturated carbocycles. The van der Waals surface area contributed by atoms with E-state index in [2.05, 4.69) is 26.1 Å². The van der Waals surface area contributed by atoms with Crippen LogP contribution in [0, 0.1) is 5.92 Å². The fraction of sp³-hybridized carbons (Fsp3) is 0.929. The molecule has 0 spiro atoms. The first-order chi connectivity index (χ1) is 8.71. The van der Waals surface area contributed by atoms with Gasteiger partial charge in [-0.05, 0) is 12.8 Å². The van der Waals surface area contributed by atoms with Crippen molar-refractivity contribution >= 4 is 30.1 Å². The number of rotatable bonds is 7. The van der Waals surface area contributed by atoms with Crippen LogP contribution in [-0.2, 0) is 4.79 Å². The minimum absolute atomic E-state index is 0. The Morgan fingerprint density at radius 2 is 2.05 bits per heavy atom. The van der Waals surface area contributed by atoms with Crippen LogP contribution in [0.5, 0.6) is 0 Å². The van der Waals surface area contributed by atoms with Gasteiger partial charge in [-0.25, -0.2) is 0 Å². The molecule has 114 valence electrons. The average Bonchev–Trinajstić information content (AvgIpc) is 2.41. The van der Waals surface area contributed by atoms with Gasteiger partial charge >= 0.3 is 0 Å². The van der Waals surface area contributed by atoms with Gasteiger partial charge in [0.25, 0.3) is 0 Å². The molecular formula is C14H29ClN2OS. The molecule has 1 heterocycles. The minimum Gasteiger partial charge on any atom is -0.343 e. The first-order valence-electron chi connectivity index (χ1n) is 7.30. The van der Waals surface area contributed by atoms with E-state index in [1.165, 1.54) is 5.75 Å². The van der Waals surface area contributed by atoms with Gasteiger partial charge in [0.1, 0.15) is 0 Å². The molecule has 3 nitrogen and oxygen atoms in total. The highest BCUT2D eigenvalue weighted by Gasteiger charge is 2.21. The van der Waals surface area contributed by atoms with E-state index >= 15 is 0 Å². The maximum Gasteiger partial charge on any atom is 0.224 e. The lowest BCUT2D eigenvalue weighted by atomic mass is 10.0. The standard InChI is InChI=1S/C14H28N2OS.ClH/c1-4-12(5-2)10-16(6-3)14(17)9-13-11-18-8-7-15-13;/h12-13,15H,4-11H2,1-3H3;1H. The molecule has 0 bridgehead atoms. The number of nitrogens with zero attached hydrogens (tertiary/aromatic N) is 1. The second-order valence-electron chi connectivity index (χ2n) is 5.04. The molecule has 1 N–H and O–H groups in total. The van der Waals surface area contributed by atoms with Crippen LogP contribution in [0.25, 0.3) is 0 Å². The Morgan fingerprint density at radius 3 is 2.53 bits per heavy atom. The molecule has 0 aromatic heterocycles. The molecule has 1 aliphatic rings. The molecule has 0 aliphatic carbocycles. The van der Waals surface area contributed by atoms with E-state index < -0.39 is 0 Å². The number of amides is 1. The second-order valence-corrected chi connectivity index (χ2v) is 6.19. The third kappa shape index (κ3) is 6.87. The highest BCUT2D eigenvalue weighted by atomic mass is 35.5. The Morgan fingerprint density at radius 1 is 1.37 bits per heavy atom. The molecule has 1 rings (SSSR count). The Hall–Kier alpha value is 0.0700. The monoisotopic (exact) mass is 308 g/mol. The molecule has 1 atom stereocenters. The van der Waals surface area contributed by atoms with Crippen molar-refractivity contribution in [3.63, 3.8) is 0 Å². The van der Waals surface area contributed by atoms with Gasteiger partial charge in [0.15, 0.2) is 0 Å². The topological polar surface area (TPSA) is 32.3 Å². The highest BCUT2D eigenvalue weighted by molar-refractivity contribution is 7.99. The smallest absolute Gasteiger partial charge is 0.224 e. The van der Waals surface area contributed by atoms with Crippen LogP contribution < -0.4 is 5.32 Å². The molecule has 0 aromatic rings. The predicted octanol–water partition coefficient (Wildman–Crippen LogP) is 2.79. The van der Waals surface area contributed by atoms with Crippen LogP contribution in [0.2, 0.25) is 0 Å². The number of thioether (sulfide) groups is 1. The van der Waals surface area contributed by atoms with Crippen molar-refractivity contribution in [1.29, 1.82) is 0 Å². The summed E-state index contributed by atoms with van der Waals surface area (Å²) in [5.74, 6) is 3.23. The molecule has 0 aromatic carbocycles. The molecule has 1 fully saturated rings. The molecule has 5 heteroatoms. The van der Waals surface area contributed by atoms with Crippen LogP contribution in [0.1, 0.15) is 40.0 Å². The summed E-state index contributed by atoms with van der Waals surface area (Å²) in [6, 6.07) is 0.381. The average molecular weight is 309 g/mol. The maximum atomic E-state index is 12.3. The molecule has 0 radical (unpaired) electrons. The van der Waals surface area contributed by atoms with Crippen molar-refractivity contribution < 1.29 is 4.79 Å². The lowest BCUT2D eigenvalue weighted by Crippen LogP contribution is -2.43. The number of halogens is 1. The van der Waals surface area contributed by atoms with Crippen LogP contribution in [-0.4, -0.2) is 48.0 Å². The van der Waals surface area contributed by atoms with E-state index in [0.29, 0.717) is 24.3 Å². The summed E-state index contributed by atoms with van der Waals surface area (Å²) in [6.45, 7) is 9.33. The normalized spacial score (nSPS) is 19.1. The van der Waals surface area contributed by atoms with Crippen molar-refractivity contribution in [2.24, 2.45) is 5.92 Å². The first kappa shape index (κ1) is 19.1. The van der Waals surface area contributed by atoms with E-state index in [-0.39, 0.29) is 12.4 Å². The SMILES string of the molecule is CCC(CC)CN(CC)C(=O)CC1CSCCN1.Cl. The summed E-state index contributed by atoms with van der Waals surface area (Å²) < 4.78 is 0. The van der Waals surface area contributed by atoms with E-state index in [1.54, 1.807) is 0 Å². The van der Waals surface area contributed by atoms with Gasteiger partial charge in [0.05, 0.1) is 0 Å². The van der Waals surface area contributed by atoms with Crippen molar-refractivity contribution in [2.45, 2.75) is 46.1 Å². The van der Waals surface area contributed by atoms with E-state index in [4.69, 9.17) is 0 Å². The fourth-order valence-corrected chi connectivity index (χ4v) is 3.31. The lowest BCUT2D eigenvalue weighted by Gasteiger charge is -2.29. The summed E-state index contributed by atoms with van der Waals surface area (Å²) in [6.07, 6.45) is 3.00. The minimum atomic E-state index is 0. The summed E-state index contributed by atoms with van der Waals surface area (Å²) in [5, 5.41) is 3.44. The molecule has 1 saturated heterocycles. The maximum absolute atomic E-state index is 12.3. The van der Waals surface area contributed by atoms with E-state index in [9.17, 15) is 4.79 Å². The lowest BCUT2D eigenvalue weighted by molar-refractivity contribution is -0.132. The van der Waals surface area contributed by atoms with E-state index in [1.807, 2.05) is 16.7 Å². The van der Waals surface area contributed by atoms with Gasteiger partial charge in [-0.1, -0.05) is 26.7 Å². The zero-order chi connectivity index (χ0) is 13.4. The predicted molar refractivity (Wildman–Crippen MR) is 87.3 cm³/mol. The zero-order valence-electron chi connectivity index (χ0n) is 12.5. The van der Waals surface area contributed by atoms with E-state index in [0.717, 1.165) is 38.2 Å². The van der Waals surface area contributed by atoms with Gasteiger partial charge in [0, 0.05) is 43.6 Å². The Balaban J connectivity index is 0.00000324. The van der Waals surface area contributed by atoms with Gasteiger partial charge < -0.3 is 10.2 Å². The van der Waals surface area contributed by atoms with Gasteiger partial charge in [-0.3, -0.25) is 4.79 Å². The summed E-state index contributed by atoms with van der Waals surface area (Å²) in [7, 11) is 0. The zero-order valence-corrected chi connectivity index (χ0v) is 14.1. The van der Waals surface area contributed by atoms with Crippen molar-refractivity contribution in [3.05, 3.63) is 0 Å². The van der Waals surface area contributed by atoms with Crippen molar-refractivity contribution in [2.75, 3.05) is 31.1 Å². The second kappa shape index (κ2) is 10.8. The largest absolute Gasteiger partial charge is 0.343 e. The Bertz CT molecular complexity index is 244. The third-order valence-electron chi connectivity index (χ3n) is 3.79. The summed E-state index contributed by atoms with van der Waals surface area (Å²) in [4.78, 5) is 14.3. The van der Waals surface area contributed by atoms with Crippen molar-refractivity contribution in [3.8, 4) is 0 Å². The summed E-state index contributed by atoms with van der Waals surface area (Å²) >= 11 is 1.95. The first-order valence-corrected chi connectivity index (χ1v) is 8.45. The van der Waals surface area contributed by atoms with Crippen LogP contribution in [0.3, 0.4) is 0 Å². The van der Waals surface area contributed by atoms with Crippen molar-refractivity contribution in [1.82, 2.24) is 10.2 Å². The molecule has 1 amide bonds. The number of carbonyl (C=O) groups excluding carboxylic acids is 1. The quantitative estimate of drug-likeness (QED) is 0.785. The van der Waals surface area contributed by atoms with Gasteiger partial charge in [-0.15, -0.1) is 12.4 Å².